The first kappa shape index (κ1) is 12.0. The number of aromatic nitrogens is 1. The van der Waals surface area contributed by atoms with Gasteiger partial charge in [0.25, 0.3) is 0 Å². The van der Waals surface area contributed by atoms with E-state index in [-0.39, 0.29) is 24.0 Å². The van der Waals surface area contributed by atoms with Crippen LogP contribution in [0.4, 0.5) is 0 Å². The molecule has 1 N–H and O–H groups in total. The third-order valence-corrected chi connectivity index (χ3v) is 2.14. The van der Waals surface area contributed by atoms with Crippen molar-refractivity contribution in [1.29, 1.82) is 0 Å². The van der Waals surface area contributed by atoms with Crippen molar-refractivity contribution in [2.75, 3.05) is 0 Å². The van der Waals surface area contributed by atoms with Gasteiger partial charge in [-0.05, 0) is 23.8 Å². The highest BCUT2D eigenvalue weighted by Gasteiger charge is 2.00. The van der Waals surface area contributed by atoms with E-state index >= 15 is 0 Å². The molecule has 1 aromatic carbocycles. The molecular weight excluding hydrogens is 301 g/mol. The van der Waals surface area contributed by atoms with E-state index in [4.69, 9.17) is 5.11 Å². The van der Waals surface area contributed by atoms with Crippen LogP contribution in [0.1, 0.15) is 0 Å². The summed E-state index contributed by atoms with van der Waals surface area (Å²) in [6, 6.07) is 11.3. The molecule has 0 spiro atoms. The third-order valence-electron chi connectivity index (χ3n) is 2.14. The number of halogens is 1. The number of aromatic hydroxyl groups is 1. The van der Waals surface area contributed by atoms with Crippen LogP contribution in [0.2, 0.25) is 0 Å². The van der Waals surface area contributed by atoms with Crippen LogP contribution in [-0.4, -0.2) is 5.11 Å². The number of phenolic OH excluding ortho intramolecular Hbond substituents is 1. The zero-order valence-corrected chi connectivity index (χ0v) is 10.5. The minimum Gasteiger partial charge on any atom is -1.00 e. The summed E-state index contributed by atoms with van der Waals surface area (Å²) in [6.45, 7) is 0. The van der Waals surface area contributed by atoms with E-state index in [1.165, 1.54) is 0 Å². The Morgan fingerprint density at radius 1 is 1.00 bits per heavy atom. The highest BCUT2D eigenvalue weighted by Crippen LogP contribution is 2.19. The fraction of sp³-hybridized carbons (Fsp3) is 0.0833. The Morgan fingerprint density at radius 3 is 2.27 bits per heavy atom. The van der Waals surface area contributed by atoms with Gasteiger partial charge in [-0.15, -0.1) is 0 Å². The summed E-state index contributed by atoms with van der Waals surface area (Å²) in [6.07, 6.45) is 4.04. The lowest BCUT2D eigenvalue weighted by molar-refractivity contribution is -0.671. The van der Waals surface area contributed by atoms with Gasteiger partial charge in [0.1, 0.15) is 12.8 Å². The lowest BCUT2D eigenvalue weighted by Gasteiger charge is -1.99. The maximum atomic E-state index is 9.15. The number of hydrogen-bond donors (Lipinski definition) is 1. The molecule has 0 aliphatic heterocycles. The topological polar surface area (TPSA) is 24.1 Å². The summed E-state index contributed by atoms with van der Waals surface area (Å²) in [7, 11) is 1.99. The predicted octanol–water partition coefficient (Wildman–Crippen LogP) is -1.11. The van der Waals surface area contributed by atoms with Crippen molar-refractivity contribution >= 4 is 0 Å². The molecule has 0 saturated carbocycles. The molecule has 3 heteroatoms. The van der Waals surface area contributed by atoms with Crippen molar-refractivity contribution in [2.24, 2.45) is 7.05 Å². The molecule has 0 atom stereocenters. The van der Waals surface area contributed by atoms with Gasteiger partial charge >= 0.3 is 0 Å². The molecule has 1 heterocycles. The average Bonchev–Trinajstić information content (AvgIpc) is 2.19. The highest BCUT2D eigenvalue weighted by molar-refractivity contribution is 5.62. The largest absolute Gasteiger partial charge is 1.00 e. The van der Waals surface area contributed by atoms with Crippen molar-refractivity contribution in [3.8, 4) is 16.9 Å². The lowest BCUT2D eigenvalue weighted by atomic mass is 10.1. The zero-order chi connectivity index (χ0) is 9.97. The second-order valence-electron chi connectivity index (χ2n) is 3.30. The Bertz CT molecular complexity index is 440. The first-order chi connectivity index (χ1) is 6.75. The number of rotatable bonds is 1. The first-order valence-electron chi connectivity index (χ1n) is 4.50. The van der Waals surface area contributed by atoms with Crippen LogP contribution in [-0.2, 0) is 7.05 Å². The molecule has 78 valence electrons. The van der Waals surface area contributed by atoms with Gasteiger partial charge in [0.05, 0.1) is 0 Å². The summed E-state index contributed by atoms with van der Waals surface area (Å²) in [5, 5.41) is 9.15. The molecule has 0 radical (unpaired) electrons. The Balaban J connectivity index is 0.00000112. The third kappa shape index (κ3) is 2.92. The zero-order valence-electron chi connectivity index (χ0n) is 8.39. The van der Waals surface area contributed by atoms with E-state index in [0.717, 1.165) is 11.1 Å². The Kier molecular flexibility index (Phi) is 4.08. The van der Waals surface area contributed by atoms with E-state index in [2.05, 4.69) is 0 Å². The molecule has 1 aromatic heterocycles. The van der Waals surface area contributed by atoms with Crippen LogP contribution in [0.5, 0.6) is 5.75 Å². The van der Waals surface area contributed by atoms with Gasteiger partial charge in [0, 0.05) is 11.6 Å². The number of pyridine rings is 1. The van der Waals surface area contributed by atoms with E-state index in [1.54, 1.807) is 12.1 Å². The molecule has 15 heavy (non-hydrogen) atoms. The van der Waals surface area contributed by atoms with Crippen LogP contribution in [0, 0.1) is 0 Å². The van der Waals surface area contributed by atoms with Crippen LogP contribution >= 0.6 is 0 Å². The molecule has 0 fully saturated rings. The number of phenols is 1. The summed E-state index contributed by atoms with van der Waals surface area (Å²) in [5.41, 5.74) is 2.26. The number of nitrogens with zero attached hydrogens (tertiary/aromatic N) is 1. The normalized spacial score (nSPS) is 9.40. The Labute approximate surface area is 106 Å². The maximum absolute atomic E-state index is 9.15. The van der Waals surface area contributed by atoms with Gasteiger partial charge in [-0.3, -0.25) is 0 Å². The number of aryl methyl sites for hydroxylation is 1. The molecule has 2 aromatic rings. The summed E-state index contributed by atoms with van der Waals surface area (Å²) >= 11 is 0. The van der Waals surface area contributed by atoms with Crippen LogP contribution in [0.25, 0.3) is 11.1 Å². The standard InChI is InChI=1S/C12H11NO.HI/c1-13-8-2-3-11(9-13)10-4-6-12(14)7-5-10;/h2-9H,1H3;1H. The van der Waals surface area contributed by atoms with Crippen LogP contribution in [0.3, 0.4) is 0 Å². The summed E-state index contributed by atoms with van der Waals surface area (Å²) < 4.78 is 2.00. The molecule has 2 rings (SSSR count). The quantitative estimate of drug-likeness (QED) is 0.524. The van der Waals surface area contributed by atoms with Crippen LogP contribution < -0.4 is 28.5 Å². The fourth-order valence-corrected chi connectivity index (χ4v) is 1.41. The van der Waals surface area contributed by atoms with Gasteiger partial charge in [-0.2, -0.15) is 0 Å². The molecule has 0 aliphatic rings. The van der Waals surface area contributed by atoms with Crippen molar-refractivity contribution in [3.63, 3.8) is 0 Å². The minimum atomic E-state index is 0. The average molecular weight is 313 g/mol. The molecule has 0 bridgehead atoms. The Morgan fingerprint density at radius 2 is 1.67 bits per heavy atom. The molecule has 2 nitrogen and oxygen atoms in total. The molecule has 0 saturated heterocycles. The number of benzene rings is 1. The van der Waals surface area contributed by atoms with Gasteiger partial charge in [0.15, 0.2) is 12.4 Å². The summed E-state index contributed by atoms with van der Waals surface area (Å²) in [4.78, 5) is 0. The molecule has 0 amide bonds. The monoisotopic (exact) mass is 313 g/mol. The first-order valence-corrected chi connectivity index (χ1v) is 4.50. The van der Waals surface area contributed by atoms with Crippen molar-refractivity contribution in [2.45, 2.75) is 0 Å². The minimum absolute atomic E-state index is 0. The van der Waals surface area contributed by atoms with Gasteiger partial charge in [0.2, 0.25) is 0 Å². The van der Waals surface area contributed by atoms with Gasteiger partial charge in [-0.1, -0.05) is 12.1 Å². The fourth-order valence-electron chi connectivity index (χ4n) is 1.41. The van der Waals surface area contributed by atoms with Crippen LogP contribution in [0.15, 0.2) is 48.8 Å². The second-order valence-corrected chi connectivity index (χ2v) is 3.30. The van der Waals surface area contributed by atoms with Crippen molar-refractivity contribution in [1.82, 2.24) is 0 Å². The SMILES string of the molecule is C[n+]1cccc(-c2ccc(O)cc2)c1.[I-]. The highest BCUT2D eigenvalue weighted by atomic mass is 127. The number of hydrogen-bond acceptors (Lipinski definition) is 1. The van der Waals surface area contributed by atoms with E-state index < -0.39 is 0 Å². The molecule has 0 unspecified atom stereocenters. The van der Waals surface area contributed by atoms with Gasteiger partial charge in [-0.25, -0.2) is 4.57 Å². The van der Waals surface area contributed by atoms with E-state index in [1.807, 2.05) is 48.3 Å². The maximum Gasteiger partial charge on any atom is 0.176 e. The molecule has 0 aliphatic carbocycles. The van der Waals surface area contributed by atoms with E-state index in [9.17, 15) is 0 Å². The predicted molar refractivity (Wildman–Crippen MR) is 54.7 cm³/mol. The molecular formula is C12H12INO. The van der Waals surface area contributed by atoms with Gasteiger partial charge < -0.3 is 29.1 Å². The Hall–Kier alpha value is -1.10. The lowest BCUT2D eigenvalue weighted by Crippen LogP contribution is -3.00. The van der Waals surface area contributed by atoms with E-state index in [0.29, 0.717) is 5.75 Å². The second kappa shape index (κ2) is 5.11. The van der Waals surface area contributed by atoms with Crippen molar-refractivity contribution in [3.05, 3.63) is 48.8 Å². The van der Waals surface area contributed by atoms with Crippen molar-refractivity contribution < 1.29 is 33.7 Å². The summed E-state index contributed by atoms with van der Waals surface area (Å²) in [5.74, 6) is 0.300. The smallest absolute Gasteiger partial charge is 0.176 e.